The van der Waals surface area contributed by atoms with Gasteiger partial charge in [-0.25, -0.2) is 0 Å². The number of hydrogen-bond donors (Lipinski definition) is 2. The predicted octanol–water partition coefficient (Wildman–Crippen LogP) is 2.19. The second-order valence-electron chi connectivity index (χ2n) is 5.12. The van der Waals surface area contributed by atoms with Gasteiger partial charge in [0.15, 0.2) is 0 Å². The largest absolute Gasteiger partial charge is 0.397 e. The van der Waals surface area contributed by atoms with Crippen molar-refractivity contribution in [1.82, 2.24) is 4.90 Å². The maximum Gasteiger partial charge on any atom is 0.266 e. The van der Waals surface area contributed by atoms with Crippen molar-refractivity contribution in [2.24, 2.45) is 11.7 Å². The highest BCUT2D eigenvalue weighted by atomic mass is 79.9. The first-order valence-electron chi connectivity index (χ1n) is 6.53. The summed E-state index contributed by atoms with van der Waals surface area (Å²) in [5.74, 6) is -0.717. The van der Waals surface area contributed by atoms with Crippen LogP contribution >= 0.6 is 27.3 Å². The van der Waals surface area contributed by atoms with Crippen molar-refractivity contribution in [3.8, 4) is 0 Å². The van der Waals surface area contributed by atoms with Crippen molar-refractivity contribution in [2.45, 2.75) is 6.42 Å². The Bertz CT molecular complexity index is 743. The monoisotopic (exact) mass is 367 g/mol. The van der Waals surface area contributed by atoms with Crippen molar-refractivity contribution >= 4 is 54.9 Å². The number of carbonyl (C=O) groups is 2. The third-order valence-corrected chi connectivity index (χ3v) is 5.41. The molecule has 1 aliphatic rings. The van der Waals surface area contributed by atoms with E-state index < -0.39 is 0 Å². The maximum atomic E-state index is 12.6. The number of anilines is 1. The van der Waals surface area contributed by atoms with E-state index in [0.29, 0.717) is 30.1 Å². The van der Waals surface area contributed by atoms with Crippen LogP contribution in [-0.2, 0) is 4.79 Å². The highest BCUT2D eigenvalue weighted by Crippen LogP contribution is 2.36. The fraction of sp³-hybridized carbons (Fsp3) is 0.286. The van der Waals surface area contributed by atoms with Gasteiger partial charge >= 0.3 is 0 Å². The van der Waals surface area contributed by atoms with Gasteiger partial charge in [-0.1, -0.05) is 22.0 Å². The molecular formula is C14H14BrN3O2S. The molecule has 1 saturated heterocycles. The van der Waals surface area contributed by atoms with E-state index in [2.05, 4.69) is 15.9 Å². The lowest BCUT2D eigenvalue weighted by molar-refractivity contribution is -0.121. The van der Waals surface area contributed by atoms with Crippen molar-refractivity contribution in [3.63, 3.8) is 0 Å². The Labute approximate surface area is 134 Å². The number of primary amides is 1. The molecule has 21 heavy (non-hydrogen) atoms. The van der Waals surface area contributed by atoms with Crippen LogP contribution in [-0.4, -0.2) is 29.8 Å². The van der Waals surface area contributed by atoms with Crippen molar-refractivity contribution in [1.29, 1.82) is 0 Å². The summed E-state index contributed by atoms with van der Waals surface area (Å²) in [5.41, 5.74) is 11.9. The van der Waals surface area contributed by atoms with Crippen molar-refractivity contribution < 1.29 is 9.59 Å². The molecule has 7 heteroatoms. The first kappa shape index (κ1) is 14.3. The molecule has 1 atom stereocenters. The predicted molar refractivity (Wildman–Crippen MR) is 87.1 cm³/mol. The van der Waals surface area contributed by atoms with E-state index in [1.165, 1.54) is 11.3 Å². The van der Waals surface area contributed by atoms with Crippen LogP contribution in [0.15, 0.2) is 22.7 Å². The quantitative estimate of drug-likeness (QED) is 0.852. The lowest BCUT2D eigenvalue weighted by Gasteiger charge is -2.15. The molecule has 0 spiro atoms. The zero-order valence-corrected chi connectivity index (χ0v) is 13.5. The molecular weight excluding hydrogens is 354 g/mol. The number of nitrogen functional groups attached to an aromatic ring is 1. The van der Waals surface area contributed by atoms with Gasteiger partial charge < -0.3 is 16.4 Å². The van der Waals surface area contributed by atoms with E-state index >= 15 is 0 Å². The number of likely N-dealkylation sites (tertiary alicyclic amines) is 1. The minimum atomic E-state index is -0.349. The molecule has 0 aliphatic carbocycles. The van der Waals surface area contributed by atoms with Crippen LogP contribution in [0.1, 0.15) is 16.1 Å². The van der Waals surface area contributed by atoms with E-state index in [-0.39, 0.29) is 17.7 Å². The molecule has 1 aromatic heterocycles. The van der Waals surface area contributed by atoms with Crippen LogP contribution in [0.4, 0.5) is 5.69 Å². The first-order chi connectivity index (χ1) is 9.97. The number of nitrogens with zero attached hydrogens (tertiary/aromatic N) is 1. The molecule has 110 valence electrons. The molecule has 2 amide bonds. The minimum absolute atomic E-state index is 0.117. The summed E-state index contributed by atoms with van der Waals surface area (Å²) < 4.78 is 1.92. The Kier molecular flexibility index (Phi) is 3.62. The average molecular weight is 368 g/mol. The molecule has 3 rings (SSSR count). The standard InChI is InChI=1S/C14H14BrN3O2S/c15-8-1-2-9-10(5-8)21-12(11(9)16)14(20)18-4-3-7(6-18)13(17)19/h1-2,5,7H,3-4,6,16H2,(H2,17,19). The van der Waals surface area contributed by atoms with Gasteiger partial charge in [-0.15, -0.1) is 11.3 Å². The van der Waals surface area contributed by atoms with Crippen LogP contribution < -0.4 is 11.5 Å². The van der Waals surface area contributed by atoms with Crippen LogP contribution in [0, 0.1) is 5.92 Å². The number of thiophene rings is 1. The van der Waals surface area contributed by atoms with E-state index in [0.717, 1.165) is 14.6 Å². The van der Waals surface area contributed by atoms with Crippen LogP contribution in [0.5, 0.6) is 0 Å². The highest BCUT2D eigenvalue weighted by molar-refractivity contribution is 9.10. The van der Waals surface area contributed by atoms with Gasteiger partial charge in [0.2, 0.25) is 5.91 Å². The lowest BCUT2D eigenvalue weighted by Crippen LogP contribution is -2.31. The van der Waals surface area contributed by atoms with Gasteiger partial charge in [-0.2, -0.15) is 0 Å². The van der Waals surface area contributed by atoms with E-state index in [9.17, 15) is 9.59 Å². The smallest absolute Gasteiger partial charge is 0.266 e. The average Bonchev–Trinajstić information content (AvgIpc) is 3.03. The maximum absolute atomic E-state index is 12.6. The fourth-order valence-electron chi connectivity index (χ4n) is 2.57. The fourth-order valence-corrected chi connectivity index (χ4v) is 4.21. The number of nitrogens with two attached hydrogens (primary N) is 2. The van der Waals surface area contributed by atoms with E-state index in [1.807, 2.05) is 18.2 Å². The van der Waals surface area contributed by atoms with Gasteiger partial charge in [-0.05, 0) is 18.6 Å². The summed E-state index contributed by atoms with van der Waals surface area (Å²) in [6, 6.07) is 5.75. The minimum Gasteiger partial charge on any atom is -0.397 e. The molecule has 5 nitrogen and oxygen atoms in total. The molecule has 0 bridgehead atoms. The second kappa shape index (κ2) is 5.31. The van der Waals surface area contributed by atoms with Gasteiger partial charge in [0.25, 0.3) is 5.91 Å². The van der Waals surface area contributed by atoms with Gasteiger partial charge in [-0.3, -0.25) is 9.59 Å². The normalized spacial score (nSPS) is 18.3. The Morgan fingerprint density at radius 2 is 2.14 bits per heavy atom. The number of amides is 2. The van der Waals surface area contributed by atoms with Crippen LogP contribution in [0.3, 0.4) is 0 Å². The van der Waals surface area contributed by atoms with Gasteiger partial charge in [0.05, 0.1) is 11.6 Å². The number of rotatable bonds is 2. The molecule has 1 aromatic carbocycles. The Morgan fingerprint density at radius 3 is 2.81 bits per heavy atom. The molecule has 1 aliphatic heterocycles. The molecule has 4 N–H and O–H groups in total. The summed E-state index contributed by atoms with van der Waals surface area (Å²) in [6.07, 6.45) is 0.622. The van der Waals surface area contributed by atoms with Crippen molar-refractivity contribution in [2.75, 3.05) is 18.8 Å². The second-order valence-corrected chi connectivity index (χ2v) is 7.09. The Balaban J connectivity index is 1.92. The van der Waals surface area contributed by atoms with Crippen LogP contribution in [0.25, 0.3) is 10.1 Å². The van der Waals surface area contributed by atoms with Gasteiger partial charge in [0, 0.05) is 27.6 Å². The third kappa shape index (κ3) is 2.51. The van der Waals surface area contributed by atoms with E-state index in [4.69, 9.17) is 11.5 Å². The number of fused-ring (bicyclic) bond motifs is 1. The third-order valence-electron chi connectivity index (χ3n) is 3.76. The molecule has 0 saturated carbocycles. The summed E-state index contributed by atoms with van der Waals surface area (Å²) in [6.45, 7) is 0.926. The van der Waals surface area contributed by atoms with Gasteiger partial charge in [0.1, 0.15) is 4.88 Å². The zero-order chi connectivity index (χ0) is 15.1. The topological polar surface area (TPSA) is 89.4 Å². The SMILES string of the molecule is NC(=O)C1CCN(C(=O)c2sc3cc(Br)ccc3c2N)C1. The molecule has 1 unspecified atom stereocenters. The summed E-state index contributed by atoms with van der Waals surface area (Å²) in [5, 5.41) is 0.886. The lowest BCUT2D eigenvalue weighted by atomic mass is 10.1. The number of halogens is 1. The Morgan fingerprint density at radius 1 is 1.38 bits per heavy atom. The molecule has 0 radical (unpaired) electrons. The van der Waals surface area contributed by atoms with E-state index in [1.54, 1.807) is 4.90 Å². The highest BCUT2D eigenvalue weighted by Gasteiger charge is 2.31. The number of hydrogen-bond acceptors (Lipinski definition) is 4. The summed E-state index contributed by atoms with van der Waals surface area (Å²) in [4.78, 5) is 26.0. The summed E-state index contributed by atoms with van der Waals surface area (Å²) in [7, 11) is 0. The summed E-state index contributed by atoms with van der Waals surface area (Å²) >= 11 is 4.79. The van der Waals surface area contributed by atoms with Crippen molar-refractivity contribution in [3.05, 3.63) is 27.5 Å². The molecule has 1 fully saturated rings. The zero-order valence-electron chi connectivity index (χ0n) is 11.1. The molecule has 2 aromatic rings. The molecule has 2 heterocycles. The number of carbonyl (C=O) groups excluding carboxylic acids is 2. The first-order valence-corrected chi connectivity index (χ1v) is 8.14. The van der Waals surface area contributed by atoms with Crippen LogP contribution in [0.2, 0.25) is 0 Å². The Hall–Kier alpha value is -1.60. The number of benzene rings is 1.